The fourth-order valence-corrected chi connectivity index (χ4v) is 10.9. The van der Waals surface area contributed by atoms with Crippen LogP contribution in [0.3, 0.4) is 0 Å². The second kappa shape index (κ2) is 15.9. The van der Waals surface area contributed by atoms with E-state index in [1.54, 1.807) is 19.2 Å². The Morgan fingerprint density at radius 2 is 1.87 bits per heavy atom. The molecule has 0 aromatic heterocycles. The van der Waals surface area contributed by atoms with E-state index in [4.69, 9.17) is 24.7 Å². The van der Waals surface area contributed by atoms with Crippen molar-refractivity contribution in [2.45, 2.75) is 82.4 Å². The normalized spacial score (nSPS) is 24.2. The maximum Gasteiger partial charge on any atom is 0.302 e. The first kappa shape index (κ1) is 39.4. The quantitative estimate of drug-likeness (QED) is 0.0832. The Morgan fingerprint density at radius 1 is 1.03 bits per heavy atom. The Bertz CT molecular complexity index is 2500. The van der Waals surface area contributed by atoms with Crippen molar-refractivity contribution in [2.24, 2.45) is 17.6 Å². The summed E-state index contributed by atoms with van der Waals surface area (Å²) in [6.45, 7) is 4.49. The van der Waals surface area contributed by atoms with Gasteiger partial charge >= 0.3 is 5.97 Å². The third kappa shape index (κ3) is 6.89. The smallest absolute Gasteiger partial charge is 0.302 e. The highest BCUT2D eigenvalue weighted by atomic mass is 16.5. The number of carbonyl (C=O) groups excluding carboxylic acids is 1. The third-order valence-electron chi connectivity index (χ3n) is 13.4. The van der Waals surface area contributed by atoms with Gasteiger partial charge in [-0.1, -0.05) is 42.3 Å². The second-order valence-corrected chi connectivity index (χ2v) is 16.9. The number of hydrogen-bond donors (Lipinski definition) is 5. The number of ether oxygens (including phenoxy) is 4. The zero-order valence-electron chi connectivity index (χ0n) is 34.7. The summed E-state index contributed by atoms with van der Waals surface area (Å²) in [5, 5.41) is 29.3. The van der Waals surface area contributed by atoms with E-state index in [0.29, 0.717) is 24.3 Å². The van der Waals surface area contributed by atoms with E-state index in [0.717, 1.165) is 100 Å². The van der Waals surface area contributed by atoms with E-state index in [-0.39, 0.29) is 53.4 Å². The first-order chi connectivity index (χ1) is 29.1. The second-order valence-electron chi connectivity index (χ2n) is 16.9. The fourth-order valence-electron chi connectivity index (χ4n) is 10.9. The van der Waals surface area contributed by atoms with Crippen LogP contribution < -0.4 is 30.6 Å². The molecule has 0 radical (unpaired) electrons. The predicted molar refractivity (Wildman–Crippen MR) is 231 cm³/mol. The SMILES string of the molecule is CCNc1ccccc1CC[C@H]1C2=C(C#CCc3cc(O)c(OC)cc3[C@H]3Oc4c(ccc5c4[C@]4(CC[C@@H]1C4)Cc1cc(O)cc(OC)c1-5)[C@@H]3COC(C)=O)NC(N)C=C2. The number of aryl methyl sites for hydroxylation is 1. The minimum absolute atomic E-state index is 0.00201. The molecule has 10 nitrogen and oxygen atoms in total. The molecule has 4 aromatic carbocycles. The zero-order valence-corrected chi connectivity index (χ0v) is 34.7. The molecule has 4 bridgehead atoms. The van der Waals surface area contributed by atoms with Crippen molar-refractivity contribution in [1.82, 2.24) is 5.32 Å². The topological polar surface area (TPSA) is 145 Å². The molecular weight excluding hydrogens is 755 g/mol. The van der Waals surface area contributed by atoms with Crippen LogP contribution in [0.4, 0.5) is 5.69 Å². The lowest BCUT2D eigenvalue weighted by atomic mass is 9.64. The van der Waals surface area contributed by atoms with Crippen molar-refractivity contribution in [1.29, 1.82) is 0 Å². The number of dihydropyridines is 1. The third-order valence-corrected chi connectivity index (χ3v) is 13.4. The Labute approximate surface area is 351 Å². The van der Waals surface area contributed by atoms with Crippen LogP contribution in [-0.2, 0) is 34.2 Å². The van der Waals surface area contributed by atoms with Gasteiger partial charge in [-0.3, -0.25) is 4.79 Å². The molecule has 4 aromatic rings. The van der Waals surface area contributed by atoms with E-state index in [2.05, 4.69) is 71.9 Å². The van der Waals surface area contributed by atoms with Crippen LogP contribution in [0.1, 0.15) is 84.9 Å². The molecule has 3 heterocycles. The zero-order chi connectivity index (χ0) is 41.7. The Morgan fingerprint density at radius 3 is 2.67 bits per heavy atom. The van der Waals surface area contributed by atoms with Gasteiger partial charge in [-0.2, -0.15) is 0 Å². The molecule has 9 rings (SSSR count). The van der Waals surface area contributed by atoms with Crippen molar-refractivity contribution < 1.29 is 34.0 Å². The Kier molecular flexibility index (Phi) is 10.4. The number of hydrogen-bond acceptors (Lipinski definition) is 10. The number of anilines is 1. The number of para-hydroxylation sites is 1. The Hall–Kier alpha value is -6.05. The number of fused-ring (bicyclic) bond motifs is 6. The van der Waals surface area contributed by atoms with E-state index in [9.17, 15) is 15.0 Å². The number of phenols is 2. The van der Waals surface area contributed by atoms with Crippen LogP contribution in [0.2, 0.25) is 0 Å². The first-order valence-electron chi connectivity index (χ1n) is 21.1. The number of methoxy groups -OCH3 is 2. The molecule has 2 aliphatic carbocycles. The van der Waals surface area contributed by atoms with Crippen LogP contribution >= 0.6 is 0 Å². The molecule has 0 saturated heterocycles. The largest absolute Gasteiger partial charge is 0.508 e. The highest BCUT2D eigenvalue weighted by molar-refractivity contribution is 5.84. The molecule has 1 spiro atoms. The lowest BCUT2D eigenvalue weighted by molar-refractivity contribution is -0.141. The molecule has 5 aliphatic rings. The first-order valence-corrected chi connectivity index (χ1v) is 21.1. The van der Waals surface area contributed by atoms with Gasteiger partial charge in [-0.25, -0.2) is 0 Å². The van der Waals surface area contributed by atoms with Crippen LogP contribution in [0.5, 0.6) is 28.7 Å². The molecule has 3 aliphatic heterocycles. The minimum atomic E-state index is -0.580. The number of nitrogens with one attached hydrogen (secondary N) is 2. The van der Waals surface area contributed by atoms with Crippen molar-refractivity contribution in [2.75, 3.05) is 32.7 Å². The van der Waals surface area contributed by atoms with Crippen molar-refractivity contribution in [3.05, 3.63) is 117 Å². The summed E-state index contributed by atoms with van der Waals surface area (Å²) in [7, 11) is 3.17. The van der Waals surface area contributed by atoms with E-state index in [1.807, 2.05) is 18.2 Å². The van der Waals surface area contributed by atoms with Crippen molar-refractivity contribution in [3.63, 3.8) is 0 Å². The maximum absolute atomic E-state index is 12.4. The monoisotopic (exact) mass is 807 g/mol. The molecule has 1 unspecified atom stereocenters. The number of phenolic OH excluding ortho intramolecular Hbond substituents is 2. The van der Waals surface area contributed by atoms with Crippen LogP contribution in [-0.4, -0.2) is 49.7 Å². The van der Waals surface area contributed by atoms with Gasteiger partial charge in [0.15, 0.2) is 11.5 Å². The van der Waals surface area contributed by atoms with E-state index in [1.165, 1.54) is 19.6 Å². The fraction of sp³-hybridized carbons (Fsp3) is 0.380. The molecule has 1 saturated carbocycles. The molecule has 1 fully saturated rings. The summed E-state index contributed by atoms with van der Waals surface area (Å²) in [4.78, 5) is 12.4. The number of benzene rings is 4. The van der Waals surface area contributed by atoms with Gasteiger partial charge in [0.1, 0.15) is 30.0 Å². The summed E-state index contributed by atoms with van der Waals surface area (Å²) >= 11 is 0. The summed E-state index contributed by atoms with van der Waals surface area (Å²) in [6.07, 6.45) is 8.77. The van der Waals surface area contributed by atoms with Gasteiger partial charge in [0, 0.05) is 59.3 Å². The summed E-state index contributed by atoms with van der Waals surface area (Å²) in [6, 6.07) is 20.0. The highest BCUT2D eigenvalue weighted by Crippen LogP contribution is 2.63. The van der Waals surface area contributed by atoms with Crippen molar-refractivity contribution in [3.8, 4) is 51.7 Å². The molecule has 60 heavy (non-hydrogen) atoms. The molecular formula is C50H53N3O7. The van der Waals surface area contributed by atoms with Crippen LogP contribution in [0.25, 0.3) is 11.1 Å². The van der Waals surface area contributed by atoms with Crippen molar-refractivity contribution >= 4 is 11.7 Å². The number of rotatable bonds is 9. The Balaban J connectivity index is 1.28. The summed E-state index contributed by atoms with van der Waals surface area (Å²) in [5.41, 5.74) is 17.3. The average Bonchev–Trinajstić information content (AvgIpc) is 3.82. The van der Waals surface area contributed by atoms with Gasteiger partial charge in [0.05, 0.1) is 32.0 Å². The molecule has 6 atom stereocenters. The predicted octanol–water partition coefficient (Wildman–Crippen LogP) is 8.10. The lowest BCUT2D eigenvalue weighted by Crippen LogP contribution is -2.38. The molecule has 6 N–H and O–H groups in total. The standard InChI is InChI=1S/C50H53N3O7/c1-5-52-40-11-7-6-9-29(40)13-14-34-31-19-20-50(25-31)26-32-21-33(55)23-44(58-4)46(32)37-16-15-36-39(27-59-28(2)54)48(60-49(36)47(37)50)38-24-43(57-3)42(56)22-30(38)10-8-12-41-35(34)17-18-45(51)53-41/h6-7,9,11,15-18,21-24,31,34,39,45,48,52-53,55-56H,5,10,13-14,19-20,25-27,51H2,1-4H3/t31-,34-,39+,45?,48-,50+/m1/s1. The van der Waals surface area contributed by atoms with Crippen LogP contribution in [0.15, 0.2) is 84.1 Å². The lowest BCUT2D eigenvalue weighted by Gasteiger charge is -2.40. The number of nitrogens with two attached hydrogens (primary N) is 1. The van der Waals surface area contributed by atoms with Gasteiger partial charge in [-0.15, -0.1) is 0 Å². The average molecular weight is 808 g/mol. The number of esters is 1. The van der Waals surface area contributed by atoms with Gasteiger partial charge in [0.25, 0.3) is 0 Å². The van der Waals surface area contributed by atoms with Gasteiger partial charge < -0.3 is 45.5 Å². The molecule has 0 amide bonds. The summed E-state index contributed by atoms with van der Waals surface area (Å²) in [5.74, 6) is 8.54. The molecule has 310 valence electrons. The molecule has 10 heteroatoms. The van der Waals surface area contributed by atoms with Gasteiger partial charge in [0.2, 0.25) is 0 Å². The number of allylic oxidation sites excluding steroid dienone is 3. The van der Waals surface area contributed by atoms with E-state index < -0.39 is 6.10 Å². The highest BCUT2D eigenvalue weighted by Gasteiger charge is 2.52. The van der Waals surface area contributed by atoms with E-state index >= 15 is 0 Å². The maximum atomic E-state index is 12.4. The minimum Gasteiger partial charge on any atom is -0.508 e. The summed E-state index contributed by atoms with van der Waals surface area (Å²) < 4.78 is 24.8. The number of aromatic hydroxyl groups is 2. The van der Waals surface area contributed by atoms with Gasteiger partial charge in [-0.05, 0) is 121 Å². The van der Waals surface area contributed by atoms with Crippen LogP contribution in [0, 0.1) is 23.7 Å². The number of carbonyl (C=O) groups is 1.